The highest BCUT2D eigenvalue weighted by Gasteiger charge is 2.32. The van der Waals surface area contributed by atoms with E-state index in [0.717, 1.165) is 11.3 Å². The number of nitrogens with one attached hydrogen (secondary N) is 2. The molecular weight excluding hydrogens is 416 g/mol. The fraction of sp³-hybridized carbons (Fsp3) is 0.364. The van der Waals surface area contributed by atoms with Gasteiger partial charge in [-0.2, -0.15) is 4.31 Å². The summed E-state index contributed by atoms with van der Waals surface area (Å²) in [6.07, 6.45) is 0.950. The van der Waals surface area contributed by atoms with Crippen molar-refractivity contribution in [3.63, 3.8) is 0 Å². The van der Waals surface area contributed by atoms with Gasteiger partial charge in [0.1, 0.15) is 0 Å². The third kappa shape index (κ3) is 4.57. The van der Waals surface area contributed by atoms with E-state index < -0.39 is 10.0 Å². The number of rotatable bonds is 5. The second-order valence-electron chi connectivity index (χ2n) is 7.91. The molecule has 2 saturated heterocycles. The molecular formula is C22H26N4O4S. The van der Waals surface area contributed by atoms with Crippen LogP contribution < -0.4 is 15.5 Å². The molecule has 0 aromatic heterocycles. The number of hydrogen-bond acceptors (Lipinski definition) is 4. The minimum atomic E-state index is -3.54. The maximum Gasteiger partial charge on any atom is 0.321 e. The number of carbonyl (C=O) groups excluding carboxylic acids is 2. The van der Waals surface area contributed by atoms with Gasteiger partial charge in [0.05, 0.1) is 4.90 Å². The van der Waals surface area contributed by atoms with Crippen LogP contribution in [0.2, 0.25) is 0 Å². The van der Waals surface area contributed by atoms with E-state index in [1.165, 1.54) is 4.31 Å². The Hall–Kier alpha value is -2.91. The van der Waals surface area contributed by atoms with E-state index in [4.69, 9.17) is 0 Å². The Morgan fingerprint density at radius 1 is 1.00 bits per heavy atom. The van der Waals surface area contributed by atoms with Gasteiger partial charge in [-0.25, -0.2) is 13.2 Å². The first-order valence-corrected chi connectivity index (χ1v) is 11.8. The number of urea groups is 1. The Morgan fingerprint density at radius 3 is 2.23 bits per heavy atom. The number of sulfonamides is 1. The Kier molecular flexibility index (Phi) is 5.97. The quantitative estimate of drug-likeness (QED) is 0.743. The molecule has 0 spiro atoms. The van der Waals surface area contributed by atoms with Crippen LogP contribution in [0.3, 0.4) is 0 Å². The van der Waals surface area contributed by atoms with E-state index in [0.29, 0.717) is 44.7 Å². The first kappa shape index (κ1) is 21.3. The van der Waals surface area contributed by atoms with Gasteiger partial charge in [0.25, 0.3) is 0 Å². The van der Waals surface area contributed by atoms with Crippen molar-refractivity contribution in [2.24, 2.45) is 5.92 Å². The van der Waals surface area contributed by atoms with Gasteiger partial charge in [0, 0.05) is 43.5 Å². The highest BCUT2D eigenvalue weighted by atomic mass is 32.2. The molecule has 2 fully saturated rings. The summed E-state index contributed by atoms with van der Waals surface area (Å²) in [7, 11) is -3.54. The van der Waals surface area contributed by atoms with Gasteiger partial charge in [-0.05, 0) is 56.2 Å². The van der Waals surface area contributed by atoms with Crippen LogP contribution in [-0.2, 0) is 14.8 Å². The fourth-order valence-corrected chi connectivity index (χ4v) is 5.37. The molecule has 0 aliphatic carbocycles. The molecule has 2 aromatic carbocycles. The van der Waals surface area contributed by atoms with E-state index in [-0.39, 0.29) is 22.8 Å². The smallest absolute Gasteiger partial charge is 0.321 e. The number of carbonyl (C=O) groups is 2. The normalized spacial score (nSPS) is 18.1. The molecule has 9 heteroatoms. The van der Waals surface area contributed by atoms with Gasteiger partial charge in [-0.1, -0.05) is 17.7 Å². The van der Waals surface area contributed by atoms with E-state index >= 15 is 0 Å². The van der Waals surface area contributed by atoms with E-state index in [9.17, 15) is 18.0 Å². The number of amides is 3. The average Bonchev–Trinajstić information content (AvgIpc) is 3.20. The SMILES string of the molecule is Cc1ccc(S(=O)(=O)N2CCC(C(=O)Nc3ccc(N4CCNC4=O)cc3)CC2)cc1. The summed E-state index contributed by atoms with van der Waals surface area (Å²) in [5, 5.41) is 5.66. The Bertz CT molecular complexity index is 1060. The van der Waals surface area contributed by atoms with Crippen LogP contribution >= 0.6 is 0 Å². The molecule has 0 atom stereocenters. The first-order valence-electron chi connectivity index (χ1n) is 10.4. The third-order valence-corrected chi connectivity index (χ3v) is 7.70. The van der Waals surface area contributed by atoms with Crippen molar-refractivity contribution in [3.05, 3.63) is 54.1 Å². The Labute approximate surface area is 182 Å². The maximum absolute atomic E-state index is 12.8. The van der Waals surface area contributed by atoms with Crippen molar-refractivity contribution in [3.8, 4) is 0 Å². The van der Waals surface area contributed by atoms with Crippen molar-refractivity contribution >= 4 is 33.3 Å². The van der Waals surface area contributed by atoms with Crippen LogP contribution in [0.15, 0.2) is 53.4 Å². The predicted octanol–water partition coefficient (Wildman–Crippen LogP) is 2.56. The van der Waals surface area contributed by atoms with Crippen LogP contribution in [0.25, 0.3) is 0 Å². The van der Waals surface area contributed by atoms with Crippen LogP contribution in [-0.4, -0.2) is 50.8 Å². The summed E-state index contributed by atoms with van der Waals surface area (Å²) in [6, 6.07) is 13.9. The zero-order valence-corrected chi connectivity index (χ0v) is 18.2. The minimum absolute atomic E-state index is 0.112. The highest BCUT2D eigenvalue weighted by Crippen LogP contribution is 2.26. The number of hydrogen-bond donors (Lipinski definition) is 2. The Balaban J connectivity index is 1.33. The lowest BCUT2D eigenvalue weighted by atomic mass is 9.97. The summed E-state index contributed by atoms with van der Waals surface area (Å²) in [4.78, 5) is 26.3. The summed E-state index contributed by atoms with van der Waals surface area (Å²) >= 11 is 0. The second kappa shape index (κ2) is 8.68. The van der Waals surface area contributed by atoms with E-state index in [2.05, 4.69) is 10.6 Å². The topological polar surface area (TPSA) is 98.8 Å². The van der Waals surface area contributed by atoms with E-state index in [1.54, 1.807) is 53.4 Å². The van der Waals surface area contributed by atoms with Crippen LogP contribution in [0.1, 0.15) is 18.4 Å². The lowest BCUT2D eigenvalue weighted by Gasteiger charge is -2.30. The van der Waals surface area contributed by atoms with Gasteiger partial charge in [-0.3, -0.25) is 9.69 Å². The molecule has 4 rings (SSSR count). The molecule has 2 aliphatic heterocycles. The van der Waals surface area contributed by atoms with Gasteiger partial charge in [0.2, 0.25) is 15.9 Å². The first-order chi connectivity index (χ1) is 14.8. The van der Waals surface area contributed by atoms with Crippen molar-refractivity contribution < 1.29 is 18.0 Å². The largest absolute Gasteiger partial charge is 0.336 e. The molecule has 0 bridgehead atoms. The van der Waals surface area contributed by atoms with Crippen LogP contribution in [0.4, 0.5) is 16.2 Å². The summed E-state index contributed by atoms with van der Waals surface area (Å²) in [5.74, 6) is -0.354. The number of nitrogens with zero attached hydrogens (tertiary/aromatic N) is 2. The molecule has 0 radical (unpaired) electrons. The van der Waals surface area contributed by atoms with Crippen LogP contribution in [0.5, 0.6) is 0 Å². The molecule has 2 heterocycles. The zero-order valence-electron chi connectivity index (χ0n) is 17.4. The molecule has 2 N–H and O–H groups in total. The van der Waals surface area contributed by atoms with Gasteiger partial charge >= 0.3 is 6.03 Å². The van der Waals surface area contributed by atoms with Crippen molar-refractivity contribution in [2.45, 2.75) is 24.7 Å². The second-order valence-corrected chi connectivity index (χ2v) is 9.85. The summed E-state index contributed by atoms with van der Waals surface area (Å²) in [5.41, 5.74) is 2.44. The zero-order chi connectivity index (χ0) is 22.0. The highest BCUT2D eigenvalue weighted by molar-refractivity contribution is 7.89. The molecule has 0 unspecified atom stereocenters. The van der Waals surface area contributed by atoms with Crippen molar-refractivity contribution in [1.29, 1.82) is 0 Å². The lowest BCUT2D eigenvalue weighted by molar-refractivity contribution is -0.120. The molecule has 3 amide bonds. The summed E-state index contributed by atoms with van der Waals surface area (Å²) in [6.45, 7) is 3.79. The monoisotopic (exact) mass is 442 g/mol. The number of aryl methyl sites for hydroxylation is 1. The standard InChI is InChI=1S/C22H26N4O4S/c1-16-2-8-20(9-3-16)31(29,30)25-13-10-17(11-14-25)21(27)24-18-4-6-19(7-5-18)26-15-12-23-22(26)28/h2-9,17H,10-15H2,1H3,(H,23,28)(H,24,27). The van der Waals surface area contributed by atoms with Gasteiger partial charge < -0.3 is 10.6 Å². The van der Waals surface area contributed by atoms with Crippen molar-refractivity contribution in [2.75, 3.05) is 36.4 Å². The number of benzene rings is 2. The fourth-order valence-electron chi connectivity index (χ4n) is 3.90. The van der Waals surface area contributed by atoms with Gasteiger partial charge in [-0.15, -0.1) is 0 Å². The number of anilines is 2. The number of piperidine rings is 1. The van der Waals surface area contributed by atoms with E-state index in [1.807, 2.05) is 6.92 Å². The molecule has 164 valence electrons. The summed E-state index contributed by atoms with van der Waals surface area (Å²) < 4.78 is 27.1. The van der Waals surface area contributed by atoms with Crippen molar-refractivity contribution in [1.82, 2.24) is 9.62 Å². The Morgan fingerprint density at radius 2 is 1.65 bits per heavy atom. The minimum Gasteiger partial charge on any atom is -0.336 e. The molecule has 2 aliphatic rings. The molecule has 2 aromatic rings. The third-order valence-electron chi connectivity index (χ3n) is 5.79. The van der Waals surface area contributed by atoms with Gasteiger partial charge in [0.15, 0.2) is 0 Å². The van der Waals surface area contributed by atoms with Crippen LogP contribution in [0, 0.1) is 12.8 Å². The average molecular weight is 443 g/mol. The maximum atomic E-state index is 12.8. The lowest BCUT2D eigenvalue weighted by Crippen LogP contribution is -2.41. The predicted molar refractivity (Wildman–Crippen MR) is 118 cm³/mol. The molecule has 31 heavy (non-hydrogen) atoms. The molecule has 0 saturated carbocycles. The molecule has 8 nitrogen and oxygen atoms in total.